The van der Waals surface area contributed by atoms with E-state index in [1.54, 1.807) is 30.3 Å². The fourth-order valence-corrected chi connectivity index (χ4v) is 4.24. The maximum Gasteiger partial charge on any atom is 0.337 e. The smallest absolute Gasteiger partial charge is 0.337 e. The Morgan fingerprint density at radius 1 is 0.943 bits per heavy atom. The molecule has 0 aromatic heterocycles. The highest BCUT2D eigenvalue weighted by Gasteiger charge is 2.14. The van der Waals surface area contributed by atoms with Crippen molar-refractivity contribution in [2.75, 3.05) is 12.4 Å². The normalized spacial score (nSPS) is 11.1. The quantitative estimate of drug-likeness (QED) is 0.177. The molecule has 0 saturated carbocycles. The van der Waals surface area contributed by atoms with E-state index in [1.807, 2.05) is 66.7 Å². The molecule has 5 nitrogen and oxygen atoms in total. The SMILES string of the molecule is COC(=O)c1ccc(NC(=O)/C(C#N)=C/c2c(Cc3ccccc3Br)ccc3ccccc23)cc1. The monoisotopic (exact) mass is 524 g/mol. The maximum atomic E-state index is 13.0. The van der Waals surface area contributed by atoms with Crippen LogP contribution in [-0.2, 0) is 16.0 Å². The molecule has 172 valence electrons. The lowest BCUT2D eigenvalue weighted by atomic mass is 9.93. The second-order valence-electron chi connectivity index (χ2n) is 7.82. The van der Waals surface area contributed by atoms with Gasteiger partial charge < -0.3 is 10.1 Å². The number of nitrogens with zero attached hydrogens (tertiary/aromatic N) is 1. The van der Waals surface area contributed by atoms with E-state index in [0.29, 0.717) is 17.7 Å². The third-order valence-corrected chi connectivity index (χ3v) is 6.39. The van der Waals surface area contributed by atoms with Crippen molar-refractivity contribution in [3.8, 4) is 6.07 Å². The molecule has 0 saturated heterocycles. The largest absolute Gasteiger partial charge is 0.465 e. The summed E-state index contributed by atoms with van der Waals surface area (Å²) in [6, 6.07) is 28.3. The Kier molecular flexibility index (Phi) is 7.39. The molecule has 0 aliphatic carbocycles. The zero-order valence-electron chi connectivity index (χ0n) is 18.9. The Balaban J connectivity index is 1.71. The number of amides is 1. The minimum absolute atomic E-state index is 0.0215. The van der Waals surface area contributed by atoms with Crippen molar-refractivity contribution >= 4 is 50.3 Å². The molecule has 0 aliphatic rings. The van der Waals surface area contributed by atoms with E-state index in [2.05, 4.69) is 21.2 Å². The minimum Gasteiger partial charge on any atom is -0.465 e. The third-order valence-electron chi connectivity index (χ3n) is 5.62. The molecule has 0 atom stereocenters. The van der Waals surface area contributed by atoms with E-state index in [4.69, 9.17) is 4.74 Å². The highest BCUT2D eigenvalue weighted by atomic mass is 79.9. The number of anilines is 1. The summed E-state index contributed by atoms with van der Waals surface area (Å²) in [5.41, 5.74) is 3.74. The van der Waals surface area contributed by atoms with Gasteiger partial charge in [-0.15, -0.1) is 0 Å². The van der Waals surface area contributed by atoms with Gasteiger partial charge in [0.25, 0.3) is 5.91 Å². The first-order valence-electron chi connectivity index (χ1n) is 10.9. The van der Waals surface area contributed by atoms with Crippen LogP contribution in [-0.4, -0.2) is 19.0 Å². The van der Waals surface area contributed by atoms with Crippen molar-refractivity contribution in [2.45, 2.75) is 6.42 Å². The summed E-state index contributed by atoms with van der Waals surface area (Å²) in [7, 11) is 1.31. The number of carbonyl (C=O) groups excluding carboxylic acids is 2. The standard InChI is InChI=1S/C29H21BrN2O3/c1-35-29(34)20-12-14-24(15-13-20)32-28(33)23(18-31)17-26-21(16-22-7-3-5-9-27(22)30)11-10-19-6-2-4-8-25(19)26/h2-15,17H,16H2,1H3,(H,32,33)/b23-17+. The molecule has 4 aromatic carbocycles. The van der Waals surface area contributed by atoms with E-state index in [9.17, 15) is 14.9 Å². The van der Waals surface area contributed by atoms with Crippen LogP contribution in [0, 0.1) is 11.3 Å². The number of methoxy groups -OCH3 is 1. The summed E-state index contributed by atoms with van der Waals surface area (Å²) in [5, 5.41) is 14.5. The zero-order valence-corrected chi connectivity index (χ0v) is 20.5. The topological polar surface area (TPSA) is 79.2 Å². The van der Waals surface area contributed by atoms with Gasteiger partial charge in [-0.2, -0.15) is 5.26 Å². The number of nitriles is 1. The summed E-state index contributed by atoms with van der Waals surface area (Å²) in [4.78, 5) is 24.6. The van der Waals surface area contributed by atoms with Gasteiger partial charge >= 0.3 is 5.97 Å². The highest BCUT2D eigenvalue weighted by molar-refractivity contribution is 9.10. The molecule has 1 N–H and O–H groups in total. The second kappa shape index (κ2) is 10.8. The molecule has 6 heteroatoms. The van der Waals surface area contributed by atoms with Crippen LogP contribution < -0.4 is 5.32 Å². The van der Waals surface area contributed by atoms with Crippen molar-refractivity contribution in [1.82, 2.24) is 0 Å². The van der Waals surface area contributed by atoms with Crippen LogP contribution in [0.1, 0.15) is 27.0 Å². The van der Waals surface area contributed by atoms with Crippen molar-refractivity contribution < 1.29 is 14.3 Å². The van der Waals surface area contributed by atoms with Gasteiger partial charge in [0, 0.05) is 10.2 Å². The van der Waals surface area contributed by atoms with Crippen molar-refractivity contribution in [2.24, 2.45) is 0 Å². The molecule has 4 aromatic rings. The Hall–Kier alpha value is -4.21. The summed E-state index contributed by atoms with van der Waals surface area (Å²) >= 11 is 3.61. The predicted molar refractivity (Wildman–Crippen MR) is 141 cm³/mol. The third kappa shape index (κ3) is 5.48. The number of carbonyl (C=O) groups is 2. The first kappa shape index (κ1) is 23.9. The van der Waals surface area contributed by atoms with Gasteiger partial charge in [-0.25, -0.2) is 4.79 Å². The molecule has 0 unspecified atom stereocenters. The van der Waals surface area contributed by atoms with Crippen LogP contribution in [0.4, 0.5) is 5.69 Å². The number of benzene rings is 4. The Morgan fingerprint density at radius 2 is 1.66 bits per heavy atom. The second-order valence-corrected chi connectivity index (χ2v) is 8.67. The number of hydrogen-bond acceptors (Lipinski definition) is 4. The molecule has 0 radical (unpaired) electrons. The van der Waals surface area contributed by atoms with Gasteiger partial charge in [0.05, 0.1) is 12.7 Å². The molecule has 35 heavy (non-hydrogen) atoms. The van der Waals surface area contributed by atoms with Crippen LogP contribution in [0.5, 0.6) is 0 Å². The van der Waals surface area contributed by atoms with Gasteiger partial charge in [-0.1, -0.05) is 70.5 Å². The molecule has 0 bridgehead atoms. The predicted octanol–water partition coefficient (Wildman–Crippen LogP) is 6.53. The highest BCUT2D eigenvalue weighted by Crippen LogP contribution is 2.29. The fraction of sp³-hybridized carbons (Fsp3) is 0.0690. The van der Waals surface area contributed by atoms with Gasteiger partial charge in [-0.3, -0.25) is 4.79 Å². The number of esters is 1. The van der Waals surface area contributed by atoms with Gasteiger partial charge in [-0.05, 0) is 70.3 Å². The Morgan fingerprint density at radius 3 is 2.37 bits per heavy atom. The average Bonchev–Trinajstić information content (AvgIpc) is 2.89. The number of nitrogens with one attached hydrogen (secondary N) is 1. The fourth-order valence-electron chi connectivity index (χ4n) is 3.81. The summed E-state index contributed by atoms with van der Waals surface area (Å²) in [6.07, 6.45) is 2.28. The van der Waals surface area contributed by atoms with E-state index in [0.717, 1.165) is 31.9 Å². The van der Waals surface area contributed by atoms with E-state index in [-0.39, 0.29) is 5.57 Å². The Bertz CT molecular complexity index is 1480. The van der Waals surface area contributed by atoms with Crippen LogP contribution in [0.3, 0.4) is 0 Å². The summed E-state index contributed by atoms with van der Waals surface area (Å²) in [5.74, 6) is -0.993. The van der Waals surface area contributed by atoms with Crippen LogP contribution in [0.2, 0.25) is 0 Å². The van der Waals surface area contributed by atoms with Crippen LogP contribution >= 0.6 is 15.9 Å². The first-order valence-corrected chi connectivity index (χ1v) is 11.6. The van der Waals surface area contributed by atoms with Crippen molar-refractivity contribution in [3.63, 3.8) is 0 Å². The summed E-state index contributed by atoms with van der Waals surface area (Å²) < 4.78 is 5.69. The lowest BCUT2D eigenvalue weighted by Gasteiger charge is -2.12. The molecular formula is C29H21BrN2O3. The van der Waals surface area contributed by atoms with Crippen molar-refractivity contribution in [3.05, 3.63) is 117 Å². The summed E-state index contributed by atoms with van der Waals surface area (Å²) in [6.45, 7) is 0. The number of halogens is 1. The molecule has 0 aliphatic heterocycles. The van der Waals surface area contributed by atoms with Gasteiger partial charge in [0.1, 0.15) is 11.6 Å². The maximum absolute atomic E-state index is 13.0. The van der Waals surface area contributed by atoms with Gasteiger partial charge in [0.15, 0.2) is 0 Å². The molecule has 0 heterocycles. The number of fused-ring (bicyclic) bond motifs is 1. The number of hydrogen-bond donors (Lipinski definition) is 1. The van der Waals surface area contributed by atoms with E-state index >= 15 is 0 Å². The van der Waals surface area contributed by atoms with E-state index in [1.165, 1.54) is 7.11 Å². The first-order chi connectivity index (χ1) is 17.0. The number of ether oxygens (including phenoxy) is 1. The lowest BCUT2D eigenvalue weighted by Crippen LogP contribution is -2.14. The minimum atomic E-state index is -0.530. The lowest BCUT2D eigenvalue weighted by molar-refractivity contribution is -0.112. The molecular weight excluding hydrogens is 504 g/mol. The molecule has 4 rings (SSSR count). The van der Waals surface area contributed by atoms with Crippen LogP contribution in [0.25, 0.3) is 16.8 Å². The van der Waals surface area contributed by atoms with Crippen LogP contribution in [0.15, 0.2) is 95.0 Å². The molecule has 0 fully saturated rings. The zero-order chi connectivity index (χ0) is 24.8. The van der Waals surface area contributed by atoms with Crippen molar-refractivity contribution in [1.29, 1.82) is 5.26 Å². The van der Waals surface area contributed by atoms with Gasteiger partial charge in [0.2, 0.25) is 0 Å². The molecule has 1 amide bonds. The number of rotatable bonds is 6. The van der Waals surface area contributed by atoms with E-state index < -0.39 is 11.9 Å². The Labute approximate surface area is 211 Å². The molecule has 0 spiro atoms. The average molecular weight is 525 g/mol.